The molecule has 12 aromatic rings. The van der Waals surface area contributed by atoms with Gasteiger partial charge in [-0.15, -0.1) is 22.7 Å². The molecular formula is C66H47NS2. The highest BCUT2D eigenvalue weighted by atomic mass is 32.1. The maximum atomic E-state index is 2.53. The standard InChI is InChI=1S/C66H47NS2/c1-65(2)56-16-8-5-12-49(56)54-38-59-55(39-58(54)65)64-48(15-11-17-57(64)66(59,3)4)42-24-32-47(33-25-42)67(45-28-20-40(21-29-45)43-26-34-52-50-13-6-9-18-60(50)68-62(52)36-43)46-30-22-41(23-31-46)44-27-35-53-51-14-7-10-19-61(51)69-63(53)37-44/h5-39H,1-4H3. The normalized spacial score (nSPS) is 14.0. The lowest BCUT2D eigenvalue weighted by atomic mass is 9.79. The van der Waals surface area contributed by atoms with Crippen molar-refractivity contribution in [1.82, 2.24) is 0 Å². The Kier molecular flexibility index (Phi) is 8.79. The number of benzene rings is 10. The molecule has 0 N–H and O–H groups in total. The van der Waals surface area contributed by atoms with Gasteiger partial charge in [0.05, 0.1) is 0 Å². The Balaban J connectivity index is 0.851. The highest BCUT2D eigenvalue weighted by Gasteiger charge is 2.42. The Morgan fingerprint density at radius 1 is 0.290 bits per heavy atom. The number of hydrogen-bond acceptors (Lipinski definition) is 3. The van der Waals surface area contributed by atoms with Crippen LogP contribution >= 0.6 is 22.7 Å². The minimum atomic E-state index is -0.125. The Morgan fingerprint density at radius 2 is 0.710 bits per heavy atom. The lowest BCUT2D eigenvalue weighted by Crippen LogP contribution is -2.16. The van der Waals surface area contributed by atoms with Crippen LogP contribution < -0.4 is 4.90 Å². The van der Waals surface area contributed by atoms with Crippen LogP contribution in [0.4, 0.5) is 17.1 Å². The molecule has 10 aromatic carbocycles. The topological polar surface area (TPSA) is 3.24 Å². The second-order valence-electron chi connectivity index (χ2n) is 20.1. The summed E-state index contributed by atoms with van der Waals surface area (Å²) < 4.78 is 5.30. The fraction of sp³-hybridized carbons (Fsp3) is 0.0909. The van der Waals surface area contributed by atoms with Crippen molar-refractivity contribution in [2.45, 2.75) is 38.5 Å². The third kappa shape index (κ3) is 6.13. The largest absolute Gasteiger partial charge is 0.311 e. The number of nitrogens with zero attached hydrogens (tertiary/aromatic N) is 1. The van der Waals surface area contributed by atoms with E-state index >= 15 is 0 Å². The third-order valence-corrected chi connectivity index (χ3v) is 17.8. The van der Waals surface area contributed by atoms with Crippen LogP contribution in [-0.4, -0.2) is 0 Å². The van der Waals surface area contributed by atoms with Crippen LogP contribution in [0.1, 0.15) is 49.9 Å². The first-order valence-corrected chi connectivity index (χ1v) is 25.7. The predicted octanol–water partition coefficient (Wildman–Crippen LogP) is 19.5. The molecule has 0 unspecified atom stereocenters. The maximum Gasteiger partial charge on any atom is 0.0462 e. The van der Waals surface area contributed by atoms with Gasteiger partial charge in [0, 0.05) is 68.2 Å². The molecule has 0 saturated heterocycles. The van der Waals surface area contributed by atoms with E-state index in [0.717, 1.165) is 17.1 Å². The first-order valence-electron chi connectivity index (χ1n) is 24.1. The number of thiophene rings is 2. The number of fused-ring (bicyclic) bond motifs is 12. The molecule has 0 aliphatic heterocycles. The molecule has 0 spiro atoms. The summed E-state index contributed by atoms with van der Waals surface area (Å²) in [4.78, 5) is 2.40. The average Bonchev–Trinajstić information content (AvgIpc) is 4.08. The quantitative estimate of drug-likeness (QED) is 0.161. The van der Waals surface area contributed by atoms with Gasteiger partial charge in [-0.1, -0.05) is 167 Å². The minimum Gasteiger partial charge on any atom is -0.311 e. The van der Waals surface area contributed by atoms with E-state index in [1.54, 1.807) is 0 Å². The van der Waals surface area contributed by atoms with Crippen LogP contribution in [0.2, 0.25) is 0 Å². The van der Waals surface area contributed by atoms with Gasteiger partial charge in [-0.25, -0.2) is 0 Å². The summed E-state index contributed by atoms with van der Waals surface area (Å²) in [6.07, 6.45) is 0. The molecule has 2 aliphatic carbocycles. The van der Waals surface area contributed by atoms with Crippen LogP contribution in [0.3, 0.4) is 0 Å². The first kappa shape index (κ1) is 40.5. The van der Waals surface area contributed by atoms with Gasteiger partial charge in [0.15, 0.2) is 0 Å². The number of hydrogen-bond donors (Lipinski definition) is 0. The fourth-order valence-electron chi connectivity index (χ4n) is 11.9. The van der Waals surface area contributed by atoms with E-state index in [0.29, 0.717) is 0 Å². The van der Waals surface area contributed by atoms with Crippen molar-refractivity contribution in [2.75, 3.05) is 4.90 Å². The van der Waals surface area contributed by atoms with Crippen LogP contribution in [0.5, 0.6) is 0 Å². The predicted molar refractivity (Wildman–Crippen MR) is 298 cm³/mol. The molecule has 328 valence electrons. The van der Waals surface area contributed by atoms with Crippen molar-refractivity contribution in [3.63, 3.8) is 0 Å². The van der Waals surface area contributed by atoms with Crippen LogP contribution in [0.25, 0.3) is 96.0 Å². The molecule has 1 nitrogen and oxygen atoms in total. The summed E-state index contributed by atoms with van der Waals surface area (Å²) >= 11 is 3.74. The molecule has 14 rings (SSSR count). The van der Waals surface area contributed by atoms with Gasteiger partial charge in [-0.3, -0.25) is 0 Å². The highest BCUT2D eigenvalue weighted by Crippen LogP contribution is 2.58. The van der Waals surface area contributed by atoms with Gasteiger partial charge < -0.3 is 4.90 Å². The van der Waals surface area contributed by atoms with Crippen LogP contribution in [0, 0.1) is 0 Å². The van der Waals surface area contributed by atoms with Crippen LogP contribution in [-0.2, 0) is 10.8 Å². The van der Waals surface area contributed by atoms with Crippen molar-refractivity contribution in [2.24, 2.45) is 0 Å². The van der Waals surface area contributed by atoms with E-state index in [9.17, 15) is 0 Å². The second-order valence-corrected chi connectivity index (χ2v) is 22.2. The Hall–Kier alpha value is -7.56. The second kappa shape index (κ2) is 15.0. The lowest BCUT2D eigenvalue weighted by Gasteiger charge is -2.26. The SMILES string of the molecule is CC1(C)c2ccccc2-c2cc3c(cc21)-c1c(-c2ccc(N(c4ccc(-c5ccc6c(c5)sc5ccccc56)cc4)c4ccc(-c5ccc6c(c5)sc5ccccc56)cc4)cc2)cccc1C3(C)C. The van der Waals surface area contributed by atoms with Gasteiger partial charge in [0.2, 0.25) is 0 Å². The molecule has 0 atom stereocenters. The summed E-state index contributed by atoms with van der Waals surface area (Å²) in [6.45, 7) is 9.59. The van der Waals surface area contributed by atoms with Crippen molar-refractivity contribution in [3.05, 3.63) is 235 Å². The Labute approximate surface area is 411 Å². The summed E-state index contributed by atoms with van der Waals surface area (Å²) in [5.74, 6) is 0. The Morgan fingerprint density at radius 3 is 1.29 bits per heavy atom. The van der Waals surface area contributed by atoms with Crippen molar-refractivity contribution in [1.29, 1.82) is 0 Å². The van der Waals surface area contributed by atoms with Crippen molar-refractivity contribution >= 4 is 80.1 Å². The summed E-state index contributed by atoms with van der Waals surface area (Å²) in [6, 6.07) is 79.8. The van der Waals surface area contributed by atoms with E-state index in [4.69, 9.17) is 0 Å². The summed E-state index contributed by atoms with van der Waals surface area (Å²) in [5, 5.41) is 5.31. The highest BCUT2D eigenvalue weighted by molar-refractivity contribution is 7.26. The molecular weight excluding hydrogens is 871 g/mol. The zero-order valence-electron chi connectivity index (χ0n) is 39.0. The lowest BCUT2D eigenvalue weighted by molar-refractivity contribution is 0.652. The average molecular weight is 918 g/mol. The number of anilines is 3. The molecule has 0 radical (unpaired) electrons. The first-order chi connectivity index (χ1) is 33.7. The van der Waals surface area contributed by atoms with E-state index in [-0.39, 0.29) is 10.8 Å². The molecule has 2 aliphatic rings. The molecule has 3 heteroatoms. The van der Waals surface area contributed by atoms with Crippen LogP contribution in [0.15, 0.2) is 212 Å². The monoisotopic (exact) mass is 917 g/mol. The molecule has 0 bridgehead atoms. The van der Waals surface area contributed by atoms with Gasteiger partial charge in [0.25, 0.3) is 0 Å². The van der Waals surface area contributed by atoms with Gasteiger partial charge in [-0.05, 0) is 151 Å². The van der Waals surface area contributed by atoms with Gasteiger partial charge in [0.1, 0.15) is 0 Å². The van der Waals surface area contributed by atoms with E-state index in [1.165, 1.54) is 118 Å². The van der Waals surface area contributed by atoms with E-state index in [2.05, 4.69) is 245 Å². The zero-order valence-corrected chi connectivity index (χ0v) is 40.6. The van der Waals surface area contributed by atoms with E-state index in [1.807, 2.05) is 22.7 Å². The third-order valence-electron chi connectivity index (χ3n) is 15.5. The fourth-order valence-corrected chi connectivity index (χ4v) is 14.2. The van der Waals surface area contributed by atoms with Crippen molar-refractivity contribution < 1.29 is 0 Å². The molecule has 0 amide bonds. The molecule has 0 fully saturated rings. The van der Waals surface area contributed by atoms with Crippen molar-refractivity contribution in [3.8, 4) is 55.6 Å². The summed E-state index contributed by atoms with van der Waals surface area (Å²) in [7, 11) is 0. The zero-order chi connectivity index (χ0) is 46.2. The number of rotatable bonds is 6. The van der Waals surface area contributed by atoms with E-state index < -0.39 is 0 Å². The smallest absolute Gasteiger partial charge is 0.0462 e. The van der Waals surface area contributed by atoms with Gasteiger partial charge in [-0.2, -0.15) is 0 Å². The molecule has 2 heterocycles. The molecule has 2 aromatic heterocycles. The minimum absolute atomic E-state index is 0.0656. The molecule has 69 heavy (non-hydrogen) atoms. The van der Waals surface area contributed by atoms with Gasteiger partial charge >= 0.3 is 0 Å². The maximum absolute atomic E-state index is 2.53. The molecule has 0 saturated carbocycles. The Bertz CT molecular complexity index is 3890. The summed E-state index contributed by atoms with van der Waals surface area (Å²) in [5.41, 5.74) is 21.7.